The normalized spacial score (nSPS) is 52.7. The van der Waals surface area contributed by atoms with E-state index in [1.165, 1.54) is 19.3 Å². The fourth-order valence-corrected chi connectivity index (χ4v) is 11.1. The summed E-state index contributed by atoms with van der Waals surface area (Å²) in [6, 6.07) is 3.17. The largest absolute Gasteiger partial charge is 0.431 e. The Morgan fingerprint density at radius 2 is 1.59 bits per heavy atom. The second-order valence-corrected chi connectivity index (χ2v) is 16.3. The molecule has 0 unspecified atom stereocenters. The van der Waals surface area contributed by atoms with Crippen molar-refractivity contribution in [2.45, 2.75) is 156 Å². The van der Waals surface area contributed by atoms with E-state index >= 15 is 0 Å². The first-order valence-electron chi connectivity index (χ1n) is 18.3. The number of hydrogen-bond donors (Lipinski definition) is 8. The van der Waals surface area contributed by atoms with Crippen LogP contribution in [0.1, 0.15) is 83.1 Å². The van der Waals surface area contributed by atoms with Crippen molar-refractivity contribution in [2.75, 3.05) is 6.61 Å². The van der Waals surface area contributed by atoms with Crippen LogP contribution in [0.15, 0.2) is 27.6 Å². The van der Waals surface area contributed by atoms with Crippen LogP contribution in [0, 0.1) is 22.7 Å². The van der Waals surface area contributed by atoms with E-state index < -0.39 is 102 Å². The van der Waals surface area contributed by atoms with Gasteiger partial charge >= 0.3 is 5.63 Å². The van der Waals surface area contributed by atoms with Crippen LogP contribution in [-0.4, -0.2) is 132 Å². The molecule has 51 heavy (non-hydrogen) atoms. The molecule has 2 saturated heterocycles. The lowest BCUT2D eigenvalue weighted by molar-refractivity contribution is -0.372. The number of aldehydes is 1. The Bertz CT molecular complexity index is 1470. The summed E-state index contributed by atoms with van der Waals surface area (Å²) in [5.41, 5.74) is -3.81. The maximum Gasteiger partial charge on any atom is 0.335 e. The molecule has 6 fully saturated rings. The predicted octanol–water partition coefficient (Wildman–Crippen LogP) is -0.788. The lowest BCUT2D eigenvalue weighted by atomic mass is 9.41. The van der Waals surface area contributed by atoms with Gasteiger partial charge < -0.3 is 69.0 Å². The fraction of sp³-hybridized carbons (Fsp3) is 0.833. The third-order valence-electron chi connectivity index (χ3n) is 14.1. The summed E-state index contributed by atoms with van der Waals surface area (Å²) in [5, 5.41) is 87.3. The number of fused-ring (bicyclic) bond motifs is 5. The van der Waals surface area contributed by atoms with Crippen molar-refractivity contribution in [3.8, 4) is 0 Å². The van der Waals surface area contributed by atoms with Gasteiger partial charge in [0.15, 0.2) is 12.6 Å². The highest BCUT2D eigenvalue weighted by molar-refractivity contribution is 5.64. The third-order valence-corrected chi connectivity index (χ3v) is 14.1. The zero-order chi connectivity index (χ0) is 36.7. The van der Waals surface area contributed by atoms with Gasteiger partial charge in [0, 0.05) is 17.9 Å². The molecule has 8 N–H and O–H groups in total. The molecule has 15 nitrogen and oxygen atoms in total. The molecule has 1 aromatic rings. The Morgan fingerprint density at radius 1 is 0.843 bits per heavy atom. The Kier molecular flexibility index (Phi) is 9.89. The highest BCUT2D eigenvalue weighted by Gasteiger charge is 2.71. The molecule has 6 aliphatic rings. The van der Waals surface area contributed by atoms with Gasteiger partial charge in [0.2, 0.25) is 0 Å². The topological polar surface area (TPSA) is 246 Å². The number of aliphatic hydroxyl groups is 8. The number of carbonyl (C=O) groups is 1. The van der Waals surface area contributed by atoms with Gasteiger partial charge in [0.05, 0.1) is 41.7 Å². The number of hydrogen-bond acceptors (Lipinski definition) is 15. The molecule has 4 saturated carbocycles. The molecule has 0 radical (unpaired) electrons. The quantitative estimate of drug-likeness (QED) is 0.127. The third kappa shape index (κ3) is 5.70. The van der Waals surface area contributed by atoms with Crippen molar-refractivity contribution in [1.29, 1.82) is 0 Å². The van der Waals surface area contributed by atoms with Gasteiger partial charge in [0.25, 0.3) is 0 Å². The van der Waals surface area contributed by atoms with E-state index in [2.05, 4.69) is 6.92 Å². The van der Waals surface area contributed by atoms with Crippen molar-refractivity contribution in [2.24, 2.45) is 22.7 Å². The monoisotopic (exact) mass is 724 g/mol. The Hall–Kier alpha value is -1.86. The van der Waals surface area contributed by atoms with Gasteiger partial charge in [-0.3, -0.25) is 0 Å². The molecule has 1 aromatic heterocycles. The van der Waals surface area contributed by atoms with Gasteiger partial charge in [0.1, 0.15) is 49.0 Å². The highest BCUT2D eigenvalue weighted by Crippen LogP contribution is 2.71. The van der Waals surface area contributed by atoms with E-state index in [0.717, 1.165) is 11.8 Å². The molecule has 15 heteroatoms. The van der Waals surface area contributed by atoms with Crippen LogP contribution >= 0.6 is 0 Å². The van der Waals surface area contributed by atoms with Crippen LogP contribution in [0.5, 0.6) is 0 Å². The van der Waals surface area contributed by atoms with E-state index in [9.17, 15) is 50.4 Å². The molecule has 0 amide bonds. The number of rotatable bonds is 7. The van der Waals surface area contributed by atoms with Gasteiger partial charge in [-0.1, -0.05) is 6.92 Å². The maximum atomic E-state index is 13.3. The summed E-state index contributed by atoms with van der Waals surface area (Å²) in [7, 11) is 0. The predicted molar refractivity (Wildman–Crippen MR) is 173 cm³/mol. The molecule has 18 atom stereocenters. The van der Waals surface area contributed by atoms with Crippen molar-refractivity contribution in [1.82, 2.24) is 0 Å². The lowest BCUT2D eigenvalue weighted by Crippen LogP contribution is -2.69. The number of carbonyl (C=O) groups excluding carboxylic acids is 1. The zero-order valence-corrected chi connectivity index (χ0v) is 28.9. The van der Waals surface area contributed by atoms with Gasteiger partial charge in [-0.25, -0.2) is 4.79 Å². The first-order valence-corrected chi connectivity index (χ1v) is 18.3. The summed E-state index contributed by atoms with van der Waals surface area (Å²) in [6.07, 6.45) is -9.27. The van der Waals surface area contributed by atoms with Crippen LogP contribution in [0.25, 0.3) is 0 Å². The number of ether oxygens (including phenoxy) is 4. The highest BCUT2D eigenvalue weighted by atomic mass is 16.8. The van der Waals surface area contributed by atoms with Crippen molar-refractivity contribution >= 4 is 6.29 Å². The molecule has 3 heterocycles. The average molecular weight is 725 g/mol. The fourth-order valence-electron chi connectivity index (χ4n) is 11.1. The minimum atomic E-state index is -1.78. The maximum absolute atomic E-state index is 13.3. The lowest BCUT2D eigenvalue weighted by Gasteiger charge is -2.65. The van der Waals surface area contributed by atoms with Gasteiger partial charge in [-0.2, -0.15) is 0 Å². The minimum absolute atomic E-state index is 0.0326. The van der Waals surface area contributed by atoms with E-state index in [1.807, 2.05) is 0 Å². The smallest absolute Gasteiger partial charge is 0.335 e. The molecule has 7 rings (SSSR count). The van der Waals surface area contributed by atoms with E-state index in [0.29, 0.717) is 38.5 Å². The summed E-state index contributed by atoms with van der Waals surface area (Å²) in [6.45, 7) is 2.92. The second kappa shape index (κ2) is 13.5. The average Bonchev–Trinajstić information content (AvgIpc) is 3.39. The van der Waals surface area contributed by atoms with Crippen molar-refractivity contribution < 1.29 is 69.0 Å². The van der Waals surface area contributed by atoms with Crippen LogP contribution in [0.3, 0.4) is 0 Å². The van der Waals surface area contributed by atoms with Crippen LogP contribution in [0.4, 0.5) is 0 Å². The van der Waals surface area contributed by atoms with E-state index in [1.54, 1.807) is 6.07 Å². The molecular weight excluding hydrogens is 672 g/mol. The minimum Gasteiger partial charge on any atom is -0.431 e. The summed E-state index contributed by atoms with van der Waals surface area (Å²) >= 11 is 0. The standard InChI is InChI=1S/C36H52O15/c1-17-25(40)28(43)30(51-31-29(44)27(42)26(41)23(14-37)50-31)32(48-17)49-19-5-10-34(16-38)21-6-9-33(2)20(18-3-4-24(39)47-15-18)8-12-36(33,46)22(21)7-11-35(34,45)13-19/h3-4,15-17,19-23,25-32,37,40-46H,5-14H2,1-2H3/t17-,19+,20-,21+,22+,23-,25-,26+,27+,28-,29-,30+,31+,32+,33-,34+,35+,36+/m1/s1. The molecule has 4 aliphatic carbocycles. The van der Waals surface area contributed by atoms with E-state index in [-0.39, 0.29) is 37.0 Å². The first kappa shape index (κ1) is 37.5. The molecule has 0 bridgehead atoms. The summed E-state index contributed by atoms with van der Waals surface area (Å²) in [4.78, 5) is 24.9. The van der Waals surface area contributed by atoms with Crippen molar-refractivity contribution in [3.63, 3.8) is 0 Å². The molecular formula is C36H52O15. The van der Waals surface area contributed by atoms with Crippen LogP contribution in [0.2, 0.25) is 0 Å². The SMILES string of the molecule is C[C@H]1O[C@@H](O[C@H]2CC[C@]3(C=O)[C@H]4CC[C@]5(C)[C@@H](c6ccc(=O)oc6)CC[C@]5(O)[C@H]4CC[C@]3(O)C2)[C@@H](O[C@@H]2O[C@H](CO)[C@H](O)[C@H](O)[C@H]2O)[C@H](O)[C@@H]1O. The summed E-state index contributed by atoms with van der Waals surface area (Å²) < 4.78 is 28.8. The first-order chi connectivity index (χ1) is 24.1. The van der Waals surface area contributed by atoms with E-state index in [4.69, 9.17) is 23.4 Å². The van der Waals surface area contributed by atoms with Crippen molar-refractivity contribution in [3.05, 3.63) is 34.4 Å². The van der Waals surface area contributed by atoms with Crippen LogP contribution < -0.4 is 5.63 Å². The zero-order valence-electron chi connectivity index (χ0n) is 28.9. The second-order valence-electron chi connectivity index (χ2n) is 16.3. The molecule has 0 aromatic carbocycles. The Balaban J connectivity index is 1.09. The molecule has 286 valence electrons. The Morgan fingerprint density at radius 3 is 2.27 bits per heavy atom. The van der Waals surface area contributed by atoms with Gasteiger partial charge in [-0.15, -0.1) is 0 Å². The molecule has 0 spiro atoms. The number of aliphatic hydroxyl groups excluding tert-OH is 6. The Labute approximate surface area is 295 Å². The van der Waals surface area contributed by atoms with Gasteiger partial charge in [-0.05, 0) is 87.7 Å². The molecule has 2 aliphatic heterocycles. The summed E-state index contributed by atoms with van der Waals surface area (Å²) in [5.74, 6) is -0.560. The van der Waals surface area contributed by atoms with Crippen LogP contribution in [-0.2, 0) is 23.7 Å².